The molecule has 104 valence electrons. The van der Waals surface area contributed by atoms with Crippen molar-refractivity contribution in [3.63, 3.8) is 0 Å². The number of halogens is 1. The molecule has 1 N–H and O–H groups in total. The summed E-state index contributed by atoms with van der Waals surface area (Å²) in [6.45, 7) is 2.96. The Kier molecular flexibility index (Phi) is 4.04. The fourth-order valence-corrected chi connectivity index (χ4v) is 2.61. The van der Waals surface area contributed by atoms with Crippen LogP contribution in [-0.2, 0) is 11.3 Å². The molecule has 0 aliphatic carbocycles. The van der Waals surface area contributed by atoms with Crippen molar-refractivity contribution in [3.8, 4) is 5.75 Å². The van der Waals surface area contributed by atoms with E-state index in [1.807, 2.05) is 11.8 Å². The smallest absolute Gasteiger partial charge is 0.308 e. The lowest BCUT2D eigenvalue weighted by molar-refractivity contribution is -0.142. The summed E-state index contributed by atoms with van der Waals surface area (Å²) in [5.74, 6) is -1.29. The zero-order chi connectivity index (χ0) is 14.0. The molecule has 2 rings (SSSR count). The Hall–Kier alpha value is -1.62. The SMILES string of the molecule is COc1cccc(CN2CCC(C(=O)O)C2C)c1F. The summed E-state index contributed by atoms with van der Waals surface area (Å²) in [6.07, 6.45) is 0.613. The zero-order valence-electron chi connectivity index (χ0n) is 11.1. The van der Waals surface area contributed by atoms with E-state index in [9.17, 15) is 9.18 Å². The van der Waals surface area contributed by atoms with Crippen LogP contribution in [0.4, 0.5) is 4.39 Å². The molecular weight excluding hydrogens is 249 g/mol. The Morgan fingerprint density at radius 1 is 1.58 bits per heavy atom. The fraction of sp³-hybridized carbons (Fsp3) is 0.500. The van der Waals surface area contributed by atoms with E-state index in [0.717, 1.165) is 0 Å². The third-order valence-corrected chi connectivity index (χ3v) is 3.84. The number of carboxylic acid groups (broad SMARTS) is 1. The van der Waals surface area contributed by atoms with Crippen molar-refractivity contribution in [3.05, 3.63) is 29.6 Å². The summed E-state index contributed by atoms with van der Waals surface area (Å²) in [5.41, 5.74) is 0.539. The lowest BCUT2D eigenvalue weighted by Crippen LogP contribution is -2.32. The predicted octanol–water partition coefficient (Wildman–Crippen LogP) is 2.13. The third-order valence-electron chi connectivity index (χ3n) is 3.84. The maximum Gasteiger partial charge on any atom is 0.308 e. The van der Waals surface area contributed by atoms with Crippen LogP contribution in [0.15, 0.2) is 18.2 Å². The number of carboxylic acids is 1. The fourth-order valence-electron chi connectivity index (χ4n) is 2.61. The monoisotopic (exact) mass is 267 g/mol. The number of likely N-dealkylation sites (tertiary alicyclic amines) is 1. The van der Waals surface area contributed by atoms with Crippen LogP contribution in [0.3, 0.4) is 0 Å². The van der Waals surface area contributed by atoms with Gasteiger partial charge in [0.15, 0.2) is 11.6 Å². The van der Waals surface area contributed by atoms with Crippen LogP contribution >= 0.6 is 0 Å². The third kappa shape index (κ3) is 2.71. The van der Waals surface area contributed by atoms with Crippen molar-refractivity contribution in [2.75, 3.05) is 13.7 Å². The first-order chi connectivity index (χ1) is 9.04. The molecule has 0 radical (unpaired) electrons. The first-order valence-electron chi connectivity index (χ1n) is 6.32. The Balaban J connectivity index is 2.12. The molecule has 1 aliphatic rings. The molecule has 2 atom stereocenters. The van der Waals surface area contributed by atoms with Crippen LogP contribution in [0.2, 0.25) is 0 Å². The molecule has 1 heterocycles. The second-order valence-electron chi connectivity index (χ2n) is 4.88. The van der Waals surface area contributed by atoms with Gasteiger partial charge in [-0.2, -0.15) is 0 Å². The molecule has 0 spiro atoms. The summed E-state index contributed by atoms with van der Waals surface area (Å²) in [4.78, 5) is 13.1. The molecule has 1 saturated heterocycles. The van der Waals surface area contributed by atoms with Crippen LogP contribution in [-0.4, -0.2) is 35.7 Å². The van der Waals surface area contributed by atoms with E-state index in [1.165, 1.54) is 7.11 Å². The van der Waals surface area contributed by atoms with E-state index in [0.29, 0.717) is 25.1 Å². The highest BCUT2D eigenvalue weighted by Gasteiger charge is 2.35. The Morgan fingerprint density at radius 2 is 2.32 bits per heavy atom. The van der Waals surface area contributed by atoms with Crippen molar-refractivity contribution < 1.29 is 19.0 Å². The van der Waals surface area contributed by atoms with Crippen LogP contribution in [0.5, 0.6) is 5.75 Å². The van der Waals surface area contributed by atoms with Crippen LogP contribution in [0.1, 0.15) is 18.9 Å². The highest BCUT2D eigenvalue weighted by molar-refractivity contribution is 5.71. The summed E-state index contributed by atoms with van der Waals surface area (Å²) in [6, 6.07) is 4.94. The lowest BCUT2D eigenvalue weighted by atomic mass is 10.0. The first-order valence-corrected chi connectivity index (χ1v) is 6.32. The number of ether oxygens (including phenoxy) is 1. The van der Waals surface area contributed by atoms with Gasteiger partial charge in [-0.15, -0.1) is 0 Å². The van der Waals surface area contributed by atoms with Gasteiger partial charge >= 0.3 is 5.97 Å². The zero-order valence-corrected chi connectivity index (χ0v) is 11.1. The minimum absolute atomic E-state index is 0.0805. The number of aliphatic carboxylic acids is 1. The van der Waals surface area contributed by atoms with Crippen LogP contribution in [0.25, 0.3) is 0 Å². The van der Waals surface area contributed by atoms with Crippen molar-refractivity contribution in [2.45, 2.75) is 25.9 Å². The van der Waals surface area contributed by atoms with E-state index >= 15 is 0 Å². The summed E-state index contributed by atoms with van der Waals surface area (Å²) in [7, 11) is 1.43. The second-order valence-corrected chi connectivity index (χ2v) is 4.88. The molecule has 5 heteroatoms. The standard InChI is InChI=1S/C14H18FNO3/c1-9-11(14(17)18)6-7-16(9)8-10-4-3-5-12(19-2)13(10)15/h3-5,9,11H,6-8H2,1-2H3,(H,17,18). The second kappa shape index (κ2) is 5.57. The summed E-state index contributed by atoms with van der Waals surface area (Å²) in [5, 5.41) is 9.08. The molecule has 1 aliphatic heterocycles. The van der Waals surface area contributed by atoms with E-state index in [1.54, 1.807) is 18.2 Å². The number of carbonyl (C=O) groups is 1. The van der Waals surface area contributed by atoms with Crippen molar-refractivity contribution >= 4 is 5.97 Å². The van der Waals surface area contributed by atoms with E-state index in [2.05, 4.69) is 0 Å². The molecule has 0 saturated carbocycles. The minimum atomic E-state index is -0.777. The van der Waals surface area contributed by atoms with Gasteiger partial charge in [-0.05, 0) is 26.0 Å². The van der Waals surface area contributed by atoms with Crippen molar-refractivity contribution in [2.24, 2.45) is 5.92 Å². The lowest BCUT2D eigenvalue weighted by Gasteiger charge is -2.23. The van der Waals surface area contributed by atoms with Gasteiger partial charge in [-0.3, -0.25) is 9.69 Å². The predicted molar refractivity (Wildman–Crippen MR) is 68.6 cm³/mol. The normalized spacial score (nSPS) is 23.5. The molecular formula is C14H18FNO3. The number of hydrogen-bond donors (Lipinski definition) is 1. The minimum Gasteiger partial charge on any atom is -0.494 e. The average molecular weight is 267 g/mol. The molecule has 0 aromatic heterocycles. The molecule has 2 unspecified atom stereocenters. The number of methoxy groups -OCH3 is 1. The van der Waals surface area contributed by atoms with Gasteiger partial charge in [-0.25, -0.2) is 4.39 Å². The molecule has 0 amide bonds. The molecule has 1 aromatic carbocycles. The quantitative estimate of drug-likeness (QED) is 0.908. The number of hydrogen-bond acceptors (Lipinski definition) is 3. The Bertz CT molecular complexity index is 478. The maximum atomic E-state index is 14.0. The molecule has 19 heavy (non-hydrogen) atoms. The Morgan fingerprint density at radius 3 is 2.89 bits per heavy atom. The largest absolute Gasteiger partial charge is 0.494 e. The topological polar surface area (TPSA) is 49.8 Å². The molecule has 1 fully saturated rings. The van der Waals surface area contributed by atoms with Crippen LogP contribution in [0, 0.1) is 11.7 Å². The highest BCUT2D eigenvalue weighted by Crippen LogP contribution is 2.28. The van der Waals surface area contributed by atoms with Gasteiger partial charge in [0.05, 0.1) is 13.0 Å². The van der Waals surface area contributed by atoms with Gasteiger partial charge in [-0.1, -0.05) is 12.1 Å². The van der Waals surface area contributed by atoms with E-state index in [4.69, 9.17) is 9.84 Å². The van der Waals surface area contributed by atoms with Gasteiger partial charge < -0.3 is 9.84 Å². The number of nitrogens with zero attached hydrogens (tertiary/aromatic N) is 1. The Labute approximate surface area is 111 Å². The summed E-state index contributed by atoms with van der Waals surface area (Å²) >= 11 is 0. The molecule has 0 bridgehead atoms. The summed E-state index contributed by atoms with van der Waals surface area (Å²) < 4.78 is 19.0. The van der Waals surface area contributed by atoms with Gasteiger partial charge in [0.1, 0.15) is 0 Å². The van der Waals surface area contributed by atoms with Crippen LogP contribution < -0.4 is 4.74 Å². The van der Waals surface area contributed by atoms with Gasteiger partial charge in [0.25, 0.3) is 0 Å². The first kappa shape index (κ1) is 13.8. The van der Waals surface area contributed by atoms with Gasteiger partial charge in [0, 0.05) is 18.2 Å². The maximum absolute atomic E-state index is 14.0. The molecule has 4 nitrogen and oxygen atoms in total. The number of rotatable bonds is 4. The van der Waals surface area contributed by atoms with E-state index in [-0.39, 0.29) is 23.5 Å². The van der Waals surface area contributed by atoms with Crippen molar-refractivity contribution in [1.29, 1.82) is 0 Å². The van der Waals surface area contributed by atoms with E-state index < -0.39 is 5.97 Å². The van der Waals surface area contributed by atoms with Gasteiger partial charge in [0.2, 0.25) is 0 Å². The number of benzene rings is 1. The highest BCUT2D eigenvalue weighted by atomic mass is 19.1. The van der Waals surface area contributed by atoms with Crippen molar-refractivity contribution in [1.82, 2.24) is 4.90 Å². The average Bonchev–Trinajstić information content (AvgIpc) is 2.74. The molecule has 1 aromatic rings.